The topological polar surface area (TPSA) is 46.5 Å². The van der Waals surface area contributed by atoms with Gasteiger partial charge in [0.25, 0.3) is 0 Å². The largest absolute Gasteiger partial charge is 0.478 e. The summed E-state index contributed by atoms with van der Waals surface area (Å²) in [4.78, 5) is 12.1. The van der Waals surface area contributed by atoms with Crippen molar-refractivity contribution in [1.29, 1.82) is 0 Å². The molecule has 2 aliphatic rings. The van der Waals surface area contributed by atoms with Crippen molar-refractivity contribution in [2.24, 2.45) is 5.41 Å². The summed E-state index contributed by atoms with van der Waals surface area (Å²) in [5.41, 5.74) is 7.52. The second-order valence-corrected chi connectivity index (χ2v) is 11.2. The van der Waals surface area contributed by atoms with E-state index in [2.05, 4.69) is 58.0 Å². The average Bonchev–Trinajstić information content (AvgIpc) is 2.76. The number of benzene rings is 3. The number of aryl methyl sites for hydroxylation is 1. The molecule has 0 fully saturated rings. The molecule has 174 valence electrons. The number of hydrogen-bond donors (Lipinski definition) is 1. The quantitative estimate of drug-likeness (QED) is 0.440. The molecule has 0 amide bonds. The summed E-state index contributed by atoms with van der Waals surface area (Å²) < 4.78 is 5.89. The smallest absolute Gasteiger partial charge is 0.349 e. The minimum Gasteiger partial charge on any atom is -0.478 e. The number of fused-ring (bicyclic) bond motifs is 4. The standard InChI is InChI=1S/C31H32O3/c1-19-6-10-23(11-7-19)34-28(29(32)33)21-9-12-25-20(16-21)8-13-26-24-14-15-30(2,3)17-22(24)18-31(4,5)27(25)26/h6-16,28H,17-18H2,1-5H3,(H,32,33). The van der Waals surface area contributed by atoms with Crippen LogP contribution in [0.5, 0.6) is 5.75 Å². The third kappa shape index (κ3) is 3.94. The Labute approximate surface area is 201 Å². The predicted molar refractivity (Wildman–Crippen MR) is 138 cm³/mol. The maximum Gasteiger partial charge on any atom is 0.349 e. The normalized spacial score (nSPS) is 18.9. The molecule has 0 saturated heterocycles. The fourth-order valence-electron chi connectivity index (χ4n) is 5.67. The van der Waals surface area contributed by atoms with E-state index in [0.29, 0.717) is 11.3 Å². The van der Waals surface area contributed by atoms with Crippen LogP contribution in [0.25, 0.3) is 16.3 Å². The lowest BCUT2D eigenvalue weighted by Gasteiger charge is -2.40. The highest BCUT2D eigenvalue weighted by molar-refractivity contribution is 5.96. The molecule has 0 bridgehead atoms. The van der Waals surface area contributed by atoms with Crippen LogP contribution in [0.3, 0.4) is 0 Å². The Morgan fingerprint density at radius 1 is 0.971 bits per heavy atom. The molecular weight excluding hydrogens is 420 g/mol. The van der Waals surface area contributed by atoms with Crippen molar-refractivity contribution < 1.29 is 14.6 Å². The van der Waals surface area contributed by atoms with Crippen molar-refractivity contribution in [3.05, 3.63) is 94.6 Å². The molecule has 0 aliphatic heterocycles. The SMILES string of the molecule is Cc1ccc(OC(C(=O)O)c2ccc3c4c(ccc3c2)C2=C(CC(C)(C)C=C2)CC4(C)C)cc1. The van der Waals surface area contributed by atoms with Crippen molar-refractivity contribution in [3.8, 4) is 5.75 Å². The van der Waals surface area contributed by atoms with Crippen LogP contribution >= 0.6 is 0 Å². The fourth-order valence-corrected chi connectivity index (χ4v) is 5.67. The van der Waals surface area contributed by atoms with E-state index in [9.17, 15) is 9.90 Å². The molecule has 3 nitrogen and oxygen atoms in total. The number of carboxylic acid groups (broad SMARTS) is 1. The number of aliphatic carboxylic acids is 1. The molecule has 1 atom stereocenters. The highest BCUT2D eigenvalue weighted by atomic mass is 16.5. The van der Waals surface area contributed by atoms with Crippen molar-refractivity contribution in [2.45, 2.75) is 59.0 Å². The lowest BCUT2D eigenvalue weighted by atomic mass is 9.64. The van der Waals surface area contributed by atoms with E-state index in [1.165, 1.54) is 22.1 Å². The van der Waals surface area contributed by atoms with Gasteiger partial charge in [-0.1, -0.05) is 87.4 Å². The Balaban J connectivity index is 1.58. The Bertz CT molecular complexity index is 1350. The summed E-state index contributed by atoms with van der Waals surface area (Å²) in [6.07, 6.45) is 5.71. The van der Waals surface area contributed by atoms with E-state index in [4.69, 9.17) is 4.74 Å². The summed E-state index contributed by atoms with van der Waals surface area (Å²) in [5.74, 6) is -0.445. The van der Waals surface area contributed by atoms with E-state index in [-0.39, 0.29) is 10.8 Å². The van der Waals surface area contributed by atoms with Gasteiger partial charge < -0.3 is 9.84 Å². The Kier molecular flexibility index (Phi) is 5.20. The van der Waals surface area contributed by atoms with E-state index < -0.39 is 12.1 Å². The fraction of sp³-hybridized carbons (Fsp3) is 0.323. The van der Waals surface area contributed by atoms with E-state index >= 15 is 0 Å². The number of carboxylic acids is 1. The van der Waals surface area contributed by atoms with Gasteiger partial charge in [0, 0.05) is 5.56 Å². The van der Waals surface area contributed by atoms with Crippen LogP contribution in [-0.4, -0.2) is 11.1 Å². The summed E-state index contributed by atoms with van der Waals surface area (Å²) in [6, 6.07) is 17.8. The van der Waals surface area contributed by atoms with Crippen molar-refractivity contribution in [1.82, 2.24) is 0 Å². The van der Waals surface area contributed by atoms with Crippen molar-refractivity contribution in [3.63, 3.8) is 0 Å². The van der Waals surface area contributed by atoms with E-state index in [1.807, 2.05) is 43.3 Å². The molecule has 1 unspecified atom stereocenters. The van der Waals surface area contributed by atoms with Crippen molar-refractivity contribution >= 4 is 22.3 Å². The molecular formula is C31H32O3. The highest BCUT2D eigenvalue weighted by Gasteiger charge is 2.36. The molecule has 3 aromatic carbocycles. The Morgan fingerprint density at radius 3 is 2.41 bits per heavy atom. The van der Waals surface area contributed by atoms with Crippen LogP contribution in [-0.2, 0) is 10.2 Å². The van der Waals surface area contributed by atoms with E-state index in [0.717, 1.165) is 23.8 Å². The molecule has 2 aliphatic carbocycles. The summed E-state index contributed by atoms with van der Waals surface area (Å²) in [5, 5.41) is 12.2. The van der Waals surface area contributed by atoms with Gasteiger partial charge in [-0.2, -0.15) is 0 Å². The third-order valence-electron chi connectivity index (χ3n) is 7.22. The molecule has 5 rings (SSSR count). The maximum absolute atomic E-state index is 12.1. The molecule has 3 heteroatoms. The zero-order valence-corrected chi connectivity index (χ0v) is 20.6. The number of allylic oxidation sites excluding steroid dienone is 4. The van der Waals surface area contributed by atoms with Gasteiger partial charge in [0.2, 0.25) is 6.10 Å². The molecule has 1 N–H and O–H groups in total. The summed E-state index contributed by atoms with van der Waals surface area (Å²) >= 11 is 0. The number of carbonyl (C=O) groups is 1. The molecule has 3 aromatic rings. The number of ether oxygens (including phenoxy) is 1. The first-order chi connectivity index (χ1) is 16.0. The van der Waals surface area contributed by atoms with Crippen LogP contribution in [0.4, 0.5) is 0 Å². The molecule has 34 heavy (non-hydrogen) atoms. The molecule has 0 heterocycles. The van der Waals surface area contributed by atoms with Gasteiger partial charge in [-0.05, 0) is 76.3 Å². The van der Waals surface area contributed by atoms with Crippen LogP contribution < -0.4 is 4.74 Å². The zero-order valence-electron chi connectivity index (χ0n) is 20.6. The zero-order chi connectivity index (χ0) is 24.3. The maximum atomic E-state index is 12.1. The number of hydrogen-bond acceptors (Lipinski definition) is 2. The minimum atomic E-state index is -1.06. The van der Waals surface area contributed by atoms with Gasteiger partial charge in [0.1, 0.15) is 5.75 Å². The Morgan fingerprint density at radius 2 is 1.71 bits per heavy atom. The first-order valence-electron chi connectivity index (χ1n) is 12.0. The van der Waals surface area contributed by atoms with Gasteiger partial charge in [-0.25, -0.2) is 4.79 Å². The molecule has 0 radical (unpaired) electrons. The summed E-state index contributed by atoms with van der Waals surface area (Å²) in [6.45, 7) is 11.3. The van der Waals surface area contributed by atoms with Gasteiger partial charge >= 0.3 is 5.97 Å². The van der Waals surface area contributed by atoms with E-state index in [1.54, 1.807) is 5.57 Å². The van der Waals surface area contributed by atoms with Crippen LogP contribution in [0.1, 0.15) is 68.9 Å². The monoisotopic (exact) mass is 452 g/mol. The van der Waals surface area contributed by atoms with Crippen LogP contribution in [0.15, 0.2) is 72.3 Å². The lowest BCUT2D eigenvalue weighted by molar-refractivity contribution is -0.145. The van der Waals surface area contributed by atoms with Crippen LogP contribution in [0, 0.1) is 12.3 Å². The van der Waals surface area contributed by atoms with Gasteiger partial charge in [-0.3, -0.25) is 0 Å². The molecule has 0 saturated carbocycles. The average molecular weight is 453 g/mol. The molecule has 0 spiro atoms. The first-order valence-corrected chi connectivity index (χ1v) is 12.0. The first kappa shape index (κ1) is 22.5. The number of rotatable bonds is 4. The Hall–Kier alpha value is -3.33. The van der Waals surface area contributed by atoms with Gasteiger partial charge in [0.15, 0.2) is 0 Å². The second-order valence-electron chi connectivity index (χ2n) is 11.2. The highest BCUT2D eigenvalue weighted by Crippen LogP contribution is 2.51. The van der Waals surface area contributed by atoms with Gasteiger partial charge in [0.05, 0.1) is 0 Å². The molecule has 0 aromatic heterocycles. The van der Waals surface area contributed by atoms with Crippen LogP contribution in [0.2, 0.25) is 0 Å². The van der Waals surface area contributed by atoms with Crippen molar-refractivity contribution in [2.75, 3.05) is 0 Å². The van der Waals surface area contributed by atoms with Gasteiger partial charge in [-0.15, -0.1) is 0 Å². The summed E-state index contributed by atoms with van der Waals surface area (Å²) in [7, 11) is 0. The minimum absolute atomic E-state index is 0.00104. The lowest BCUT2D eigenvalue weighted by Crippen LogP contribution is -2.28. The third-order valence-corrected chi connectivity index (χ3v) is 7.22. The predicted octanol–water partition coefficient (Wildman–Crippen LogP) is 7.77. The second kappa shape index (κ2) is 7.87.